The SMILES string of the molecule is CC1=C(C(N)=O)S(=O)(=O)CCO1. The lowest BCUT2D eigenvalue weighted by Gasteiger charge is -2.16. The van der Waals surface area contributed by atoms with Crippen molar-refractivity contribution in [2.75, 3.05) is 12.4 Å². The van der Waals surface area contributed by atoms with E-state index in [0.29, 0.717) is 0 Å². The van der Waals surface area contributed by atoms with Crippen LogP contribution in [-0.4, -0.2) is 26.7 Å². The summed E-state index contributed by atoms with van der Waals surface area (Å²) in [4.78, 5) is 10.3. The van der Waals surface area contributed by atoms with Gasteiger partial charge in [-0.1, -0.05) is 0 Å². The molecule has 0 aromatic rings. The van der Waals surface area contributed by atoms with E-state index in [0.717, 1.165) is 0 Å². The Morgan fingerprint density at radius 2 is 2.17 bits per heavy atom. The molecule has 1 heterocycles. The molecule has 6 heteroatoms. The molecule has 0 unspecified atom stereocenters. The van der Waals surface area contributed by atoms with Crippen molar-refractivity contribution in [2.45, 2.75) is 6.92 Å². The van der Waals surface area contributed by atoms with E-state index in [2.05, 4.69) is 0 Å². The third kappa shape index (κ3) is 1.42. The molecule has 68 valence electrons. The third-order valence-electron chi connectivity index (χ3n) is 1.53. The Labute approximate surface area is 70.1 Å². The highest BCUT2D eigenvalue weighted by atomic mass is 32.2. The first kappa shape index (κ1) is 9.05. The van der Waals surface area contributed by atoms with Crippen LogP contribution in [0, 0.1) is 0 Å². The van der Waals surface area contributed by atoms with Gasteiger partial charge in [-0.3, -0.25) is 4.79 Å². The topological polar surface area (TPSA) is 86.5 Å². The van der Waals surface area contributed by atoms with Gasteiger partial charge >= 0.3 is 0 Å². The number of allylic oxidation sites excluding steroid dienone is 1. The minimum atomic E-state index is -3.49. The van der Waals surface area contributed by atoms with Crippen LogP contribution in [-0.2, 0) is 19.4 Å². The number of ether oxygens (including phenoxy) is 1. The van der Waals surface area contributed by atoms with Gasteiger partial charge in [-0.25, -0.2) is 8.42 Å². The van der Waals surface area contributed by atoms with Gasteiger partial charge in [0.1, 0.15) is 12.4 Å². The van der Waals surface area contributed by atoms with Gasteiger partial charge in [-0.15, -0.1) is 0 Å². The Hall–Kier alpha value is -1.04. The van der Waals surface area contributed by atoms with Crippen LogP contribution in [0.4, 0.5) is 0 Å². The van der Waals surface area contributed by atoms with E-state index < -0.39 is 20.6 Å². The van der Waals surface area contributed by atoms with Gasteiger partial charge in [0.25, 0.3) is 5.91 Å². The van der Waals surface area contributed by atoms with E-state index in [9.17, 15) is 13.2 Å². The summed E-state index contributed by atoms with van der Waals surface area (Å²) >= 11 is 0. The molecule has 1 amide bonds. The van der Waals surface area contributed by atoms with Crippen molar-refractivity contribution in [2.24, 2.45) is 5.73 Å². The molecule has 1 aliphatic heterocycles. The molecule has 0 radical (unpaired) electrons. The quantitative estimate of drug-likeness (QED) is 0.584. The van der Waals surface area contributed by atoms with Crippen molar-refractivity contribution in [3.05, 3.63) is 10.7 Å². The third-order valence-corrected chi connectivity index (χ3v) is 3.34. The van der Waals surface area contributed by atoms with Crippen molar-refractivity contribution in [1.82, 2.24) is 0 Å². The van der Waals surface area contributed by atoms with Crippen LogP contribution in [0.2, 0.25) is 0 Å². The van der Waals surface area contributed by atoms with Crippen LogP contribution in [0.25, 0.3) is 0 Å². The van der Waals surface area contributed by atoms with Crippen LogP contribution in [0.1, 0.15) is 6.92 Å². The van der Waals surface area contributed by atoms with Gasteiger partial charge in [0, 0.05) is 0 Å². The molecule has 1 aliphatic rings. The maximum absolute atomic E-state index is 11.2. The standard InChI is InChI=1S/C6H9NO4S/c1-4-5(6(7)8)12(9,10)3-2-11-4/h2-3H2,1H3,(H2,7,8). The summed E-state index contributed by atoms with van der Waals surface area (Å²) in [6.07, 6.45) is 0. The number of rotatable bonds is 1. The molecule has 12 heavy (non-hydrogen) atoms. The van der Waals surface area contributed by atoms with Crippen molar-refractivity contribution in [1.29, 1.82) is 0 Å². The molecule has 1 rings (SSSR count). The van der Waals surface area contributed by atoms with E-state index in [-0.39, 0.29) is 18.1 Å². The second kappa shape index (κ2) is 2.78. The molecule has 0 bridgehead atoms. The largest absolute Gasteiger partial charge is 0.496 e. The molecule has 0 saturated heterocycles. The molecule has 0 spiro atoms. The minimum Gasteiger partial charge on any atom is -0.496 e. The van der Waals surface area contributed by atoms with Gasteiger partial charge in [-0.2, -0.15) is 0 Å². The lowest BCUT2D eigenvalue weighted by atomic mass is 10.4. The van der Waals surface area contributed by atoms with Gasteiger partial charge in [0.2, 0.25) is 0 Å². The van der Waals surface area contributed by atoms with Gasteiger partial charge in [0.05, 0.1) is 5.75 Å². The Morgan fingerprint density at radius 1 is 1.58 bits per heavy atom. The molecule has 0 aromatic carbocycles. The van der Waals surface area contributed by atoms with Crippen molar-refractivity contribution < 1.29 is 17.9 Å². The summed E-state index contributed by atoms with van der Waals surface area (Å²) in [6.45, 7) is 1.50. The predicted octanol–water partition coefficient (Wildman–Crippen LogP) is -0.852. The van der Waals surface area contributed by atoms with Crippen molar-refractivity contribution in [3.8, 4) is 0 Å². The molecular weight excluding hydrogens is 182 g/mol. The van der Waals surface area contributed by atoms with Gasteiger partial charge < -0.3 is 10.5 Å². The zero-order valence-electron chi connectivity index (χ0n) is 6.53. The fourth-order valence-electron chi connectivity index (χ4n) is 1.02. The number of carbonyl (C=O) groups is 1. The van der Waals surface area contributed by atoms with Gasteiger partial charge in [-0.05, 0) is 6.92 Å². The molecular formula is C6H9NO4S. The van der Waals surface area contributed by atoms with Crippen LogP contribution in [0.5, 0.6) is 0 Å². The highest BCUT2D eigenvalue weighted by molar-refractivity contribution is 7.96. The average molecular weight is 191 g/mol. The number of nitrogens with two attached hydrogens (primary N) is 1. The summed E-state index contributed by atoms with van der Waals surface area (Å²) in [5.74, 6) is -1.04. The summed E-state index contributed by atoms with van der Waals surface area (Å²) < 4.78 is 27.3. The smallest absolute Gasteiger partial charge is 0.263 e. The summed E-state index contributed by atoms with van der Waals surface area (Å²) in [5.41, 5.74) is 4.88. The van der Waals surface area contributed by atoms with E-state index in [1.165, 1.54) is 6.92 Å². The number of sulfone groups is 1. The molecule has 0 atom stereocenters. The molecule has 0 aliphatic carbocycles. The highest BCUT2D eigenvalue weighted by Gasteiger charge is 2.30. The molecule has 0 fully saturated rings. The predicted molar refractivity (Wildman–Crippen MR) is 41.6 cm³/mol. The lowest BCUT2D eigenvalue weighted by Crippen LogP contribution is -2.29. The van der Waals surface area contributed by atoms with Crippen LogP contribution < -0.4 is 5.73 Å². The molecule has 0 saturated carbocycles. The molecule has 0 aromatic heterocycles. The number of primary amides is 1. The first-order valence-electron chi connectivity index (χ1n) is 3.31. The molecule has 2 N–H and O–H groups in total. The van der Waals surface area contributed by atoms with Crippen molar-refractivity contribution in [3.63, 3.8) is 0 Å². The second-order valence-corrected chi connectivity index (χ2v) is 4.46. The normalized spacial score (nSPS) is 21.8. The molecule has 5 nitrogen and oxygen atoms in total. The summed E-state index contributed by atoms with van der Waals surface area (Å²) in [5, 5.41) is 0. The van der Waals surface area contributed by atoms with E-state index >= 15 is 0 Å². The van der Waals surface area contributed by atoms with Crippen LogP contribution in [0.3, 0.4) is 0 Å². The van der Waals surface area contributed by atoms with Crippen molar-refractivity contribution >= 4 is 15.7 Å². The number of amides is 1. The maximum atomic E-state index is 11.2. The Kier molecular flexibility index (Phi) is 2.10. The Morgan fingerprint density at radius 3 is 2.50 bits per heavy atom. The fourth-order valence-corrected chi connectivity index (χ4v) is 2.33. The number of carbonyl (C=O) groups excluding carboxylic acids is 1. The summed E-state index contributed by atoms with van der Waals surface area (Å²) in [7, 11) is -3.49. The second-order valence-electron chi connectivity index (χ2n) is 2.42. The Balaban J connectivity index is 3.28. The van der Waals surface area contributed by atoms with Crippen LogP contribution in [0.15, 0.2) is 10.7 Å². The average Bonchev–Trinajstić information content (AvgIpc) is 1.82. The van der Waals surface area contributed by atoms with Gasteiger partial charge in [0.15, 0.2) is 14.7 Å². The van der Waals surface area contributed by atoms with E-state index in [1.54, 1.807) is 0 Å². The Bertz CT molecular complexity index is 341. The lowest BCUT2D eigenvalue weighted by molar-refractivity contribution is -0.114. The zero-order chi connectivity index (χ0) is 9.35. The highest BCUT2D eigenvalue weighted by Crippen LogP contribution is 2.18. The summed E-state index contributed by atoms with van der Waals surface area (Å²) in [6, 6.07) is 0. The fraction of sp³-hybridized carbons (Fsp3) is 0.500. The number of hydrogen-bond donors (Lipinski definition) is 1. The first-order chi connectivity index (χ1) is 5.45. The number of hydrogen-bond acceptors (Lipinski definition) is 4. The monoisotopic (exact) mass is 191 g/mol. The zero-order valence-corrected chi connectivity index (χ0v) is 7.35. The van der Waals surface area contributed by atoms with Crippen LogP contribution >= 0.6 is 0 Å². The van der Waals surface area contributed by atoms with E-state index in [4.69, 9.17) is 10.5 Å². The maximum Gasteiger partial charge on any atom is 0.263 e. The van der Waals surface area contributed by atoms with E-state index in [1.807, 2.05) is 0 Å². The minimum absolute atomic E-state index is 0.0882. The first-order valence-corrected chi connectivity index (χ1v) is 4.96.